The Balaban J connectivity index is 0.000000320. The van der Waals surface area contributed by atoms with Gasteiger partial charge in [0.2, 0.25) is 0 Å². The summed E-state index contributed by atoms with van der Waals surface area (Å²) in [5, 5.41) is 0. The number of allylic oxidation sites excluding steroid dienone is 2. The normalized spacial score (nSPS) is 40.0. The van der Waals surface area contributed by atoms with Gasteiger partial charge in [-0.1, -0.05) is 12.2 Å². The molecule has 39 valence electrons. The standard InChI is InChI=1S/C7H10.Li/c1-2-7-4-3-6(1)5-7;/h1-2,6-7H,3-5H2;. The fourth-order valence-corrected chi connectivity index (χ4v) is 1.72. The molecule has 1 saturated carbocycles. The summed E-state index contributed by atoms with van der Waals surface area (Å²) >= 11 is 0. The predicted octanol–water partition coefficient (Wildman–Crippen LogP) is 1.59. The van der Waals surface area contributed by atoms with Gasteiger partial charge in [-0.2, -0.15) is 0 Å². The first-order valence-corrected chi connectivity index (χ1v) is 3.13. The molecular weight excluding hydrogens is 91.0 g/mol. The van der Waals surface area contributed by atoms with Gasteiger partial charge in [-0.3, -0.25) is 0 Å². The summed E-state index contributed by atoms with van der Waals surface area (Å²) in [6.07, 6.45) is 9.19. The third kappa shape index (κ3) is 0.878. The van der Waals surface area contributed by atoms with E-state index in [0.717, 1.165) is 11.8 Å². The minimum absolute atomic E-state index is 0. The maximum atomic E-state index is 2.38. The van der Waals surface area contributed by atoms with E-state index in [0.29, 0.717) is 0 Å². The molecule has 0 aromatic heterocycles. The Labute approximate surface area is 62.5 Å². The Morgan fingerprint density at radius 3 is 1.62 bits per heavy atom. The number of hydrogen-bond acceptors (Lipinski definition) is 0. The second kappa shape index (κ2) is 2.29. The second-order valence-corrected chi connectivity index (χ2v) is 2.72. The van der Waals surface area contributed by atoms with Crippen molar-refractivity contribution in [2.24, 2.45) is 11.8 Å². The van der Waals surface area contributed by atoms with E-state index in [1.54, 1.807) is 0 Å². The van der Waals surface area contributed by atoms with Crippen LogP contribution < -0.4 is 0 Å². The fraction of sp³-hybridized carbons (Fsp3) is 0.714. The zero-order chi connectivity index (χ0) is 4.69. The first kappa shape index (κ1) is 6.46. The summed E-state index contributed by atoms with van der Waals surface area (Å²) in [5.74, 6) is 1.98. The van der Waals surface area contributed by atoms with Gasteiger partial charge in [0.1, 0.15) is 0 Å². The zero-order valence-corrected chi connectivity index (χ0v) is 5.43. The van der Waals surface area contributed by atoms with Crippen LogP contribution >= 0.6 is 0 Å². The van der Waals surface area contributed by atoms with Gasteiger partial charge < -0.3 is 0 Å². The van der Waals surface area contributed by atoms with E-state index in [-0.39, 0.29) is 18.9 Å². The molecule has 2 bridgehead atoms. The molecule has 1 radical (unpaired) electrons. The van der Waals surface area contributed by atoms with Crippen molar-refractivity contribution in [1.29, 1.82) is 0 Å². The van der Waals surface area contributed by atoms with Gasteiger partial charge in [0, 0.05) is 18.9 Å². The van der Waals surface area contributed by atoms with Gasteiger partial charge in [0.25, 0.3) is 0 Å². The molecule has 2 aliphatic carbocycles. The Kier molecular flexibility index (Phi) is 1.85. The molecule has 8 heavy (non-hydrogen) atoms. The van der Waals surface area contributed by atoms with E-state index in [2.05, 4.69) is 12.2 Å². The van der Waals surface area contributed by atoms with Gasteiger partial charge in [0.05, 0.1) is 0 Å². The third-order valence-electron chi connectivity index (χ3n) is 2.17. The smallest absolute Gasteiger partial charge is 0 e. The van der Waals surface area contributed by atoms with Crippen molar-refractivity contribution < 1.29 is 0 Å². The Hall–Kier alpha value is 0.337. The predicted molar refractivity (Wildman–Crippen MR) is 35.7 cm³/mol. The molecule has 2 aliphatic rings. The summed E-state index contributed by atoms with van der Waals surface area (Å²) in [5.41, 5.74) is 0. The van der Waals surface area contributed by atoms with Crippen molar-refractivity contribution in [3.05, 3.63) is 12.2 Å². The van der Waals surface area contributed by atoms with Gasteiger partial charge in [-0.25, -0.2) is 0 Å². The van der Waals surface area contributed by atoms with Crippen LogP contribution in [0.4, 0.5) is 0 Å². The van der Waals surface area contributed by atoms with Crippen molar-refractivity contribution in [3.63, 3.8) is 0 Å². The molecule has 0 heterocycles. The zero-order valence-electron chi connectivity index (χ0n) is 5.43. The van der Waals surface area contributed by atoms with Crippen molar-refractivity contribution in [1.82, 2.24) is 0 Å². The van der Waals surface area contributed by atoms with E-state index < -0.39 is 0 Å². The molecule has 1 fully saturated rings. The Bertz CT molecular complexity index is 95.0. The molecule has 0 saturated heterocycles. The van der Waals surface area contributed by atoms with Crippen LogP contribution in [-0.2, 0) is 0 Å². The van der Waals surface area contributed by atoms with Crippen LogP contribution in [0, 0.1) is 11.8 Å². The molecule has 0 N–H and O–H groups in total. The van der Waals surface area contributed by atoms with Crippen LogP contribution in [0.25, 0.3) is 0 Å². The quantitative estimate of drug-likeness (QED) is 0.321. The average molecular weight is 101 g/mol. The Morgan fingerprint density at radius 2 is 1.50 bits per heavy atom. The molecule has 0 aromatic carbocycles. The topological polar surface area (TPSA) is 0 Å². The maximum absolute atomic E-state index is 2.38. The first-order valence-electron chi connectivity index (χ1n) is 3.13. The molecular formula is C7H10Li. The minimum atomic E-state index is 0. The average Bonchev–Trinajstić information content (AvgIpc) is 2.22. The van der Waals surface area contributed by atoms with Crippen molar-refractivity contribution in [2.75, 3.05) is 0 Å². The Morgan fingerprint density at radius 1 is 1.00 bits per heavy atom. The molecule has 2 unspecified atom stereocenters. The van der Waals surface area contributed by atoms with E-state index in [1.165, 1.54) is 19.3 Å². The number of fused-ring (bicyclic) bond motifs is 2. The minimum Gasteiger partial charge on any atom is -0.0851 e. The van der Waals surface area contributed by atoms with E-state index in [1.807, 2.05) is 0 Å². The molecule has 0 aliphatic heterocycles. The van der Waals surface area contributed by atoms with Crippen LogP contribution in [-0.4, -0.2) is 18.9 Å². The van der Waals surface area contributed by atoms with Gasteiger partial charge in [-0.05, 0) is 31.1 Å². The summed E-state index contributed by atoms with van der Waals surface area (Å²) in [6.45, 7) is 0. The van der Waals surface area contributed by atoms with Gasteiger partial charge in [0.15, 0.2) is 0 Å². The van der Waals surface area contributed by atoms with E-state index in [4.69, 9.17) is 0 Å². The maximum Gasteiger partial charge on any atom is 0 e. The van der Waals surface area contributed by atoms with Crippen LogP contribution in [0.3, 0.4) is 0 Å². The summed E-state index contributed by atoms with van der Waals surface area (Å²) in [7, 11) is 0. The summed E-state index contributed by atoms with van der Waals surface area (Å²) in [6, 6.07) is 0. The van der Waals surface area contributed by atoms with Crippen LogP contribution in [0.5, 0.6) is 0 Å². The molecule has 0 amide bonds. The SMILES string of the molecule is C1=CC2CCC1C2.[Li]. The van der Waals surface area contributed by atoms with Gasteiger partial charge >= 0.3 is 0 Å². The number of hydrogen-bond donors (Lipinski definition) is 0. The van der Waals surface area contributed by atoms with E-state index >= 15 is 0 Å². The largest absolute Gasteiger partial charge is 0.0851 e. The van der Waals surface area contributed by atoms with Crippen molar-refractivity contribution >= 4 is 18.9 Å². The molecule has 2 rings (SSSR count). The first-order chi connectivity index (χ1) is 3.45. The molecule has 0 nitrogen and oxygen atoms in total. The monoisotopic (exact) mass is 101 g/mol. The van der Waals surface area contributed by atoms with E-state index in [9.17, 15) is 0 Å². The van der Waals surface area contributed by atoms with Crippen LogP contribution in [0.15, 0.2) is 12.2 Å². The summed E-state index contributed by atoms with van der Waals surface area (Å²) in [4.78, 5) is 0. The fourth-order valence-electron chi connectivity index (χ4n) is 1.72. The van der Waals surface area contributed by atoms with Crippen molar-refractivity contribution in [2.45, 2.75) is 19.3 Å². The van der Waals surface area contributed by atoms with Crippen LogP contribution in [0.1, 0.15) is 19.3 Å². The molecule has 0 aromatic rings. The molecule has 2 atom stereocenters. The number of rotatable bonds is 0. The van der Waals surface area contributed by atoms with Crippen LogP contribution in [0.2, 0.25) is 0 Å². The second-order valence-electron chi connectivity index (χ2n) is 2.72. The molecule has 0 spiro atoms. The summed E-state index contributed by atoms with van der Waals surface area (Å²) < 4.78 is 0. The third-order valence-corrected chi connectivity index (χ3v) is 2.17. The van der Waals surface area contributed by atoms with Gasteiger partial charge in [-0.15, -0.1) is 0 Å². The molecule has 1 heteroatoms. The van der Waals surface area contributed by atoms with Crippen molar-refractivity contribution in [3.8, 4) is 0 Å².